The third-order valence-electron chi connectivity index (χ3n) is 3.15. The number of aromatic amines is 1. The molecule has 130 valence electrons. The van der Waals surface area contributed by atoms with Crippen LogP contribution in [0.25, 0.3) is 0 Å². The van der Waals surface area contributed by atoms with Crippen LogP contribution < -0.4 is 5.32 Å². The third kappa shape index (κ3) is 6.16. The molecule has 0 aliphatic rings. The number of carbonyl (C=O) groups excluding carboxylic acids is 1. The summed E-state index contributed by atoms with van der Waals surface area (Å²) in [5.74, 6) is 2.50. The van der Waals surface area contributed by atoms with Crippen molar-refractivity contribution in [2.75, 3.05) is 18.1 Å². The van der Waals surface area contributed by atoms with E-state index in [1.807, 2.05) is 19.9 Å². The van der Waals surface area contributed by atoms with Crippen molar-refractivity contribution in [1.82, 2.24) is 20.5 Å². The van der Waals surface area contributed by atoms with Crippen LogP contribution in [-0.4, -0.2) is 39.1 Å². The Bertz CT molecular complexity index is 663. The fraction of sp³-hybridized carbons (Fsp3) is 0.438. The van der Waals surface area contributed by atoms with Crippen LogP contribution in [0.15, 0.2) is 29.4 Å². The van der Waals surface area contributed by atoms with Gasteiger partial charge in [-0.25, -0.2) is 9.37 Å². The van der Waals surface area contributed by atoms with Crippen LogP contribution >= 0.6 is 23.5 Å². The Hall–Kier alpha value is -1.54. The summed E-state index contributed by atoms with van der Waals surface area (Å²) >= 11 is 2.90. The van der Waals surface area contributed by atoms with E-state index in [1.54, 1.807) is 23.9 Å². The quantitative estimate of drug-likeness (QED) is 0.525. The summed E-state index contributed by atoms with van der Waals surface area (Å²) in [5, 5.41) is 10.4. The molecule has 0 fully saturated rings. The molecule has 1 heterocycles. The van der Waals surface area contributed by atoms with Gasteiger partial charge in [0, 0.05) is 24.0 Å². The number of nitrogens with zero attached hydrogens (tertiary/aromatic N) is 2. The van der Waals surface area contributed by atoms with Crippen molar-refractivity contribution in [3.05, 3.63) is 41.5 Å². The van der Waals surface area contributed by atoms with Gasteiger partial charge in [-0.1, -0.05) is 43.8 Å². The maximum Gasteiger partial charge on any atom is 0.230 e. The second-order valence-electron chi connectivity index (χ2n) is 5.44. The molecule has 0 atom stereocenters. The lowest BCUT2D eigenvalue weighted by Gasteiger charge is -2.05. The van der Waals surface area contributed by atoms with Crippen LogP contribution in [0.3, 0.4) is 0 Å². The molecule has 2 rings (SSSR count). The number of benzene rings is 1. The van der Waals surface area contributed by atoms with Crippen molar-refractivity contribution in [2.45, 2.75) is 30.7 Å². The lowest BCUT2D eigenvalue weighted by atomic mass is 10.2. The number of hydrogen-bond donors (Lipinski definition) is 2. The Morgan fingerprint density at radius 1 is 1.38 bits per heavy atom. The molecule has 1 amide bonds. The third-order valence-corrected chi connectivity index (χ3v) is 5.00. The zero-order valence-corrected chi connectivity index (χ0v) is 15.3. The summed E-state index contributed by atoms with van der Waals surface area (Å²) in [6, 6.07) is 6.74. The van der Waals surface area contributed by atoms with Gasteiger partial charge in [0.25, 0.3) is 0 Å². The first-order valence-corrected chi connectivity index (χ1v) is 9.83. The topological polar surface area (TPSA) is 70.7 Å². The number of H-pyrrole nitrogens is 1. The van der Waals surface area contributed by atoms with Gasteiger partial charge < -0.3 is 5.32 Å². The molecule has 0 bridgehead atoms. The van der Waals surface area contributed by atoms with Gasteiger partial charge in [-0.2, -0.15) is 11.8 Å². The van der Waals surface area contributed by atoms with E-state index in [-0.39, 0.29) is 23.4 Å². The molecule has 1 aromatic carbocycles. The van der Waals surface area contributed by atoms with E-state index >= 15 is 0 Å². The van der Waals surface area contributed by atoms with Crippen molar-refractivity contribution in [2.24, 2.45) is 0 Å². The highest BCUT2D eigenvalue weighted by atomic mass is 32.2. The van der Waals surface area contributed by atoms with Crippen LogP contribution in [0.2, 0.25) is 0 Å². The molecule has 0 radical (unpaired) electrons. The van der Waals surface area contributed by atoms with Gasteiger partial charge in [0.2, 0.25) is 11.1 Å². The van der Waals surface area contributed by atoms with Crippen LogP contribution in [0.1, 0.15) is 31.2 Å². The molecule has 0 saturated carbocycles. The predicted molar refractivity (Wildman–Crippen MR) is 96.8 cm³/mol. The van der Waals surface area contributed by atoms with Crippen molar-refractivity contribution in [1.29, 1.82) is 0 Å². The van der Waals surface area contributed by atoms with Gasteiger partial charge >= 0.3 is 0 Å². The summed E-state index contributed by atoms with van der Waals surface area (Å²) in [5.41, 5.74) is 0.690. The maximum atomic E-state index is 13.4. The second-order valence-corrected chi connectivity index (χ2v) is 7.49. The van der Waals surface area contributed by atoms with Gasteiger partial charge in [0.05, 0.1) is 5.75 Å². The van der Waals surface area contributed by atoms with Crippen LogP contribution in [0.5, 0.6) is 0 Å². The molecule has 1 aromatic heterocycles. The van der Waals surface area contributed by atoms with Gasteiger partial charge in [0.15, 0.2) is 0 Å². The molecule has 0 saturated heterocycles. The van der Waals surface area contributed by atoms with E-state index < -0.39 is 0 Å². The van der Waals surface area contributed by atoms with E-state index in [4.69, 9.17) is 0 Å². The predicted octanol–water partition coefficient (Wildman–Crippen LogP) is 3.21. The monoisotopic (exact) mass is 368 g/mol. The zero-order chi connectivity index (χ0) is 17.4. The zero-order valence-electron chi connectivity index (χ0n) is 13.7. The van der Waals surface area contributed by atoms with Gasteiger partial charge in [-0.3, -0.25) is 9.89 Å². The number of nitrogens with one attached hydrogen (secondary N) is 2. The minimum atomic E-state index is -0.183. The first-order valence-electron chi connectivity index (χ1n) is 7.69. The fourth-order valence-corrected chi connectivity index (χ4v) is 3.30. The Kier molecular flexibility index (Phi) is 7.58. The highest BCUT2D eigenvalue weighted by molar-refractivity contribution is 7.99. The van der Waals surface area contributed by atoms with Crippen LogP contribution in [0.4, 0.5) is 4.39 Å². The average Bonchev–Trinajstić information content (AvgIpc) is 3.03. The summed E-state index contributed by atoms with van der Waals surface area (Å²) in [4.78, 5) is 16.1. The van der Waals surface area contributed by atoms with Crippen LogP contribution in [-0.2, 0) is 10.5 Å². The van der Waals surface area contributed by atoms with Crippen LogP contribution in [0, 0.1) is 5.82 Å². The van der Waals surface area contributed by atoms with Gasteiger partial charge in [-0.15, -0.1) is 5.10 Å². The first kappa shape index (κ1) is 18.8. The molecular weight excluding hydrogens is 347 g/mol. The van der Waals surface area contributed by atoms with E-state index in [2.05, 4.69) is 20.5 Å². The molecule has 2 aromatic rings. The second kappa shape index (κ2) is 9.68. The minimum absolute atomic E-state index is 0.0533. The average molecular weight is 369 g/mol. The Morgan fingerprint density at radius 2 is 2.17 bits per heavy atom. The number of aromatic nitrogens is 3. The molecule has 8 heteroatoms. The molecule has 24 heavy (non-hydrogen) atoms. The van der Waals surface area contributed by atoms with Crippen molar-refractivity contribution >= 4 is 29.4 Å². The van der Waals surface area contributed by atoms with Gasteiger partial charge in [0.1, 0.15) is 11.6 Å². The molecule has 0 aliphatic heterocycles. The minimum Gasteiger partial charge on any atom is -0.355 e. The summed E-state index contributed by atoms with van der Waals surface area (Å²) in [6.45, 7) is 4.62. The molecular formula is C16H21FN4OS2. The SMILES string of the molecule is CC(C)c1nc(SCC(=O)NCCSCc2ccccc2F)n[nH]1. The Morgan fingerprint density at radius 3 is 2.88 bits per heavy atom. The van der Waals surface area contributed by atoms with Crippen molar-refractivity contribution < 1.29 is 9.18 Å². The smallest absolute Gasteiger partial charge is 0.230 e. The van der Waals surface area contributed by atoms with E-state index in [1.165, 1.54) is 17.8 Å². The summed E-state index contributed by atoms with van der Waals surface area (Å²) in [7, 11) is 0. The summed E-state index contributed by atoms with van der Waals surface area (Å²) < 4.78 is 13.4. The normalized spacial score (nSPS) is 11.0. The number of rotatable bonds is 9. The summed E-state index contributed by atoms with van der Waals surface area (Å²) in [6.07, 6.45) is 0. The van der Waals surface area contributed by atoms with E-state index in [0.717, 1.165) is 11.6 Å². The van der Waals surface area contributed by atoms with Gasteiger partial charge in [-0.05, 0) is 11.6 Å². The first-order chi connectivity index (χ1) is 11.6. The van der Waals surface area contributed by atoms with Crippen molar-refractivity contribution in [3.8, 4) is 0 Å². The molecule has 0 unspecified atom stereocenters. The molecule has 0 spiro atoms. The lowest BCUT2D eigenvalue weighted by molar-refractivity contribution is -0.118. The van der Waals surface area contributed by atoms with Crippen molar-refractivity contribution in [3.63, 3.8) is 0 Å². The number of carbonyl (C=O) groups is 1. The molecule has 2 N–H and O–H groups in total. The lowest BCUT2D eigenvalue weighted by Crippen LogP contribution is -2.27. The largest absolute Gasteiger partial charge is 0.355 e. The standard InChI is InChI=1S/C16H21FN4OS2/c1-11(2)15-19-16(21-20-15)24-10-14(22)18-7-8-23-9-12-5-3-4-6-13(12)17/h3-6,11H,7-10H2,1-2H3,(H,18,22)(H,19,20,21). The highest BCUT2D eigenvalue weighted by Crippen LogP contribution is 2.16. The molecule has 0 aliphatic carbocycles. The Labute approximate surface area is 149 Å². The molecule has 5 nitrogen and oxygen atoms in total. The number of halogens is 1. The number of amides is 1. The van der Waals surface area contributed by atoms with E-state index in [9.17, 15) is 9.18 Å². The Balaban J connectivity index is 1.59. The number of hydrogen-bond acceptors (Lipinski definition) is 5. The maximum absolute atomic E-state index is 13.4. The number of thioether (sulfide) groups is 2. The van der Waals surface area contributed by atoms with E-state index in [0.29, 0.717) is 23.0 Å². The fourth-order valence-electron chi connectivity index (χ4n) is 1.82. The highest BCUT2D eigenvalue weighted by Gasteiger charge is 2.09.